The summed E-state index contributed by atoms with van der Waals surface area (Å²) in [4.78, 5) is 0. The summed E-state index contributed by atoms with van der Waals surface area (Å²) in [6.45, 7) is 1.57. The number of nitrogens with two attached hydrogens (primary N) is 1. The summed E-state index contributed by atoms with van der Waals surface area (Å²) in [5.74, 6) is 4.36. The van der Waals surface area contributed by atoms with Crippen LogP contribution < -0.4 is 11.3 Å². The van der Waals surface area contributed by atoms with Gasteiger partial charge in [-0.05, 0) is 41.8 Å². The second-order valence-electron chi connectivity index (χ2n) is 3.14. The van der Waals surface area contributed by atoms with Crippen LogP contribution in [0.2, 0.25) is 0 Å². The Morgan fingerprint density at radius 3 is 2.53 bits per heavy atom. The van der Waals surface area contributed by atoms with Crippen LogP contribution in [0.3, 0.4) is 0 Å². The molecular formula is C9H10ClF3N2. The van der Waals surface area contributed by atoms with Gasteiger partial charge in [0, 0.05) is 0 Å². The SMILES string of the molecule is Cc1ccc(F)cc1C(NN)C(F)(F)Cl. The molecule has 1 rings (SSSR count). The third-order valence-electron chi connectivity index (χ3n) is 2.05. The zero-order valence-corrected chi connectivity index (χ0v) is 8.65. The number of hydrogen-bond acceptors (Lipinski definition) is 2. The minimum atomic E-state index is -3.58. The molecule has 0 amide bonds. The first-order chi connectivity index (χ1) is 6.86. The fraction of sp³-hybridized carbons (Fsp3) is 0.333. The normalized spacial score (nSPS) is 14.0. The Labute approximate surface area is 90.2 Å². The summed E-state index contributed by atoms with van der Waals surface area (Å²) < 4.78 is 38.6. The molecule has 0 fully saturated rings. The molecule has 0 saturated heterocycles. The molecule has 0 radical (unpaired) electrons. The number of nitrogens with one attached hydrogen (secondary N) is 1. The molecule has 2 nitrogen and oxygen atoms in total. The molecule has 6 heteroatoms. The summed E-state index contributed by atoms with van der Waals surface area (Å²) in [5, 5.41) is -3.58. The number of alkyl halides is 3. The molecule has 0 aliphatic rings. The molecule has 1 atom stereocenters. The maximum atomic E-state index is 12.9. The molecule has 1 aromatic carbocycles. The fourth-order valence-electron chi connectivity index (χ4n) is 1.28. The van der Waals surface area contributed by atoms with Gasteiger partial charge in [0.2, 0.25) is 0 Å². The first-order valence-electron chi connectivity index (χ1n) is 4.15. The van der Waals surface area contributed by atoms with E-state index in [1.165, 1.54) is 12.1 Å². The monoisotopic (exact) mass is 238 g/mol. The molecule has 84 valence electrons. The van der Waals surface area contributed by atoms with Gasteiger partial charge in [0.15, 0.2) is 0 Å². The Balaban J connectivity index is 3.18. The number of hydrazine groups is 1. The van der Waals surface area contributed by atoms with Gasteiger partial charge < -0.3 is 0 Å². The van der Waals surface area contributed by atoms with Gasteiger partial charge >= 0.3 is 5.38 Å². The van der Waals surface area contributed by atoms with Crippen molar-refractivity contribution in [1.82, 2.24) is 5.43 Å². The molecule has 0 heterocycles. The van der Waals surface area contributed by atoms with Crippen LogP contribution in [0.1, 0.15) is 17.2 Å². The predicted molar refractivity (Wildman–Crippen MR) is 52.0 cm³/mol. The highest BCUT2D eigenvalue weighted by Crippen LogP contribution is 2.35. The van der Waals surface area contributed by atoms with Crippen molar-refractivity contribution in [3.8, 4) is 0 Å². The largest absolute Gasteiger partial charge is 0.342 e. The molecule has 0 aliphatic carbocycles. The Hall–Kier alpha value is -0.780. The number of benzene rings is 1. The molecule has 3 N–H and O–H groups in total. The fourth-order valence-corrected chi connectivity index (χ4v) is 1.46. The van der Waals surface area contributed by atoms with Crippen molar-refractivity contribution in [2.45, 2.75) is 18.3 Å². The van der Waals surface area contributed by atoms with Crippen molar-refractivity contribution in [1.29, 1.82) is 0 Å². The third kappa shape index (κ3) is 2.84. The van der Waals surface area contributed by atoms with Crippen LogP contribution in [0.5, 0.6) is 0 Å². The lowest BCUT2D eigenvalue weighted by Crippen LogP contribution is -2.38. The highest BCUT2D eigenvalue weighted by atomic mass is 35.5. The standard InChI is InChI=1S/C9H10ClF3N2/c1-5-2-3-6(11)4-7(5)8(15-14)9(10,12)13/h2-4,8,15H,14H2,1H3. The molecular weight excluding hydrogens is 229 g/mol. The van der Waals surface area contributed by atoms with E-state index in [1.807, 2.05) is 5.43 Å². The number of halogens is 4. The van der Waals surface area contributed by atoms with Crippen LogP contribution >= 0.6 is 11.6 Å². The van der Waals surface area contributed by atoms with E-state index in [0.29, 0.717) is 5.56 Å². The molecule has 0 aromatic heterocycles. The van der Waals surface area contributed by atoms with Crippen molar-refractivity contribution in [2.75, 3.05) is 0 Å². The molecule has 1 aromatic rings. The summed E-state index contributed by atoms with van der Waals surface area (Å²) in [5.41, 5.74) is 2.40. The van der Waals surface area contributed by atoms with E-state index in [2.05, 4.69) is 0 Å². The quantitative estimate of drug-likeness (QED) is 0.482. The van der Waals surface area contributed by atoms with Gasteiger partial charge in [0.1, 0.15) is 11.9 Å². The number of rotatable bonds is 3. The van der Waals surface area contributed by atoms with Gasteiger partial charge in [0.05, 0.1) is 0 Å². The first kappa shape index (κ1) is 12.3. The zero-order valence-electron chi connectivity index (χ0n) is 7.90. The zero-order chi connectivity index (χ0) is 11.6. The third-order valence-corrected chi connectivity index (χ3v) is 2.26. The van der Waals surface area contributed by atoms with Gasteiger partial charge in [-0.1, -0.05) is 6.07 Å². The van der Waals surface area contributed by atoms with Crippen molar-refractivity contribution in [3.05, 3.63) is 35.1 Å². The van der Waals surface area contributed by atoms with Crippen molar-refractivity contribution >= 4 is 11.6 Å². The number of aryl methyl sites for hydroxylation is 1. The summed E-state index contributed by atoms with van der Waals surface area (Å²) in [6.07, 6.45) is 0. The van der Waals surface area contributed by atoms with Crippen LogP contribution in [0.15, 0.2) is 18.2 Å². The van der Waals surface area contributed by atoms with E-state index >= 15 is 0 Å². The Bertz CT molecular complexity index is 352. The van der Waals surface area contributed by atoms with E-state index in [0.717, 1.165) is 6.07 Å². The lowest BCUT2D eigenvalue weighted by Gasteiger charge is -2.22. The van der Waals surface area contributed by atoms with Crippen molar-refractivity contribution < 1.29 is 13.2 Å². The van der Waals surface area contributed by atoms with E-state index in [-0.39, 0.29) is 5.56 Å². The lowest BCUT2D eigenvalue weighted by molar-refractivity contribution is 0.0494. The van der Waals surface area contributed by atoms with Crippen LogP contribution in [0, 0.1) is 12.7 Å². The summed E-state index contributed by atoms with van der Waals surface area (Å²) in [6, 6.07) is 1.93. The highest BCUT2D eigenvalue weighted by Gasteiger charge is 2.38. The van der Waals surface area contributed by atoms with Crippen LogP contribution in [0.4, 0.5) is 13.2 Å². The van der Waals surface area contributed by atoms with Crippen LogP contribution in [-0.4, -0.2) is 5.38 Å². The van der Waals surface area contributed by atoms with Gasteiger partial charge in [-0.3, -0.25) is 5.84 Å². The molecule has 0 spiro atoms. The summed E-state index contributed by atoms with van der Waals surface area (Å²) >= 11 is 4.86. The van der Waals surface area contributed by atoms with E-state index in [4.69, 9.17) is 17.4 Å². The minimum Gasteiger partial charge on any atom is -0.271 e. The average molecular weight is 239 g/mol. The molecule has 1 unspecified atom stereocenters. The van der Waals surface area contributed by atoms with Crippen LogP contribution in [-0.2, 0) is 0 Å². The molecule has 0 saturated carbocycles. The van der Waals surface area contributed by atoms with Crippen molar-refractivity contribution in [3.63, 3.8) is 0 Å². The first-order valence-corrected chi connectivity index (χ1v) is 4.53. The Morgan fingerprint density at radius 2 is 2.07 bits per heavy atom. The van der Waals surface area contributed by atoms with E-state index in [1.54, 1.807) is 6.92 Å². The van der Waals surface area contributed by atoms with E-state index in [9.17, 15) is 13.2 Å². The Kier molecular flexibility index (Phi) is 3.59. The Morgan fingerprint density at radius 1 is 1.47 bits per heavy atom. The predicted octanol–water partition coefficient (Wildman–Crippen LogP) is 2.47. The number of hydrogen-bond donors (Lipinski definition) is 2. The topological polar surface area (TPSA) is 38.0 Å². The van der Waals surface area contributed by atoms with Gasteiger partial charge in [-0.15, -0.1) is 0 Å². The molecule has 0 aliphatic heterocycles. The van der Waals surface area contributed by atoms with Gasteiger partial charge in [-0.2, -0.15) is 8.78 Å². The lowest BCUT2D eigenvalue weighted by atomic mass is 10.0. The average Bonchev–Trinajstić information content (AvgIpc) is 2.10. The van der Waals surface area contributed by atoms with E-state index < -0.39 is 17.2 Å². The smallest absolute Gasteiger partial charge is 0.271 e. The molecule has 0 bridgehead atoms. The minimum absolute atomic E-state index is 0.0394. The summed E-state index contributed by atoms with van der Waals surface area (Å²) in [7, 11) is 0. The van der Waals surface area contributed by atoms with Gasteiger partial charge in [-0.25, -0.2) is 9.82 Å². The molecule has 15 heavy (non-hydrogen) atoms. The highest BCUT2D eigenvalue weighted by molar-refractivity contribution is 6.22. The van der Waals surface area contributed by atoms with Crippen molar-refractivity contribution in [2.24, 2.45) is 5.84 Å². The second kappa shape index (κ2) is 4.38. The maximum Gasteiger partial charge on any atom is 0.342 e. The second-order valence-corrected chi connectivity index (χ2v) is 3.65. The maximum absolute atomic E-state index is 12.9. The van der Waals surface area contributed by atoms with Crippen LogP contribution in [0.25, 0.3) is 0 Å². The van der Waals surface area contributed by atoms with Gasteiger partial charge in [0.25, 0.3) is 0 Å².